The Morgan fingerprint density at radius 3 is 3.00 bits per heavy atom. The molecule has 0 aliphatic rings. The predicted octanol–water partition coefficient (Wildman–Crippen LogP) is 0.379. The highest BCUT2D eigenvalue weighted by Gasteiger charge is 2.06. The van der Waals surface area contributed by atoms with Crippen LogP contribution in [-0.4, -0.2) is 23.7 Å². The molecule has 1 atom stereocenters. The second kappa shape index (κ2) is 5.50. The van der Waals surface area contributed by atoms with Crippen molar-refractivity contribution in [3.63, 3.8) is 0 Å². The van der Waals surface area contributed by atoms with Crippen LogP contribution in [0.3, 0.4) is 0 Å². The molecular weight excluding hydrogens is 194 g/mol. The van der Waals surface area contributed by atoms with E-state index in [2.05, 4.69) is 10.5 Å². The van der Waals surface area contributed by atoms with Gasteiger partial charge in [-0.3, -0.25) is 4.79 Å². The molecule has 0 aromatic carbocycles. The molecule has 0 bridgehead atoms. The summed E-state index contributed by atoms with van der Waals surface area (Å²) in [5, 5.41) is 6.49. The summed E-state index contributed by atoms with van der Waals surface area (Å²) < 4.78 is 4.77. The molecule has 1 aromatic heterocycles. The number of carbonyl (C=O) groups is 1. The topological polar surface area (TPSA) is 81.2 Å². The Hall–Kier alpha value is -1.36. The van der Waals surface area contributed by atoms with Crippen molar-refractivity contribution < 1.29 is 9.32 Å². The molecular formula is C10H17N3O2. The van der Waals surface area contributed by atoms with Crippen molar-refractivity contribution in [3.8, 4) is 0 Å². The second-order valence-electron chi connectivity index (χ2n) is 3.71. The lowest BCUT2D eigenvalue weighted by atomic mass is 10.1. The van der Waals surface area contributed by atoms with Gasteiger partial charge in [-0.05, 0) is 20.3 Å². The molecule has 1 rings (SSSR count). The zero-order valence-corrected chi connectivity index (χ0v) is 9.12. The SMILES string of the molecule is Cc1nocc1CCC(=O)NCC(C)N. The molecule has 1 aromatic rings. The van der Waals surface area contributed by atoms with E-state index >= 15 is 0 Å². The molecule has 0 radical (unpaired) electrons. The van der Waals surface area contributed by atoms with Crippen LogP contribution in [0.15, 0.2) is 10.8 Å². The summed E-state index contributed by atoms with van der Waals surface area (Å²) in [4.78, 5) is 11.3. The minimum Gasteiger partial charge on any atom is -0.364 e. The monoisotopic (exact) mass is 211 g/mol. The number of carbonyl (C=O) groups excluding carboxylic acids is 1. The summed E-state index contributed by atoms with van der Waals surface area (Å²) in [7, 11) is 0. The molecule has 0 saturated heterocycles. The van der Waals surface area contributed by atoms with E-state index in [0.717, 1.165) is 11.3 Å². The van der Waals surface area contributed by atoms with Gasteiger partial charge in [0.05, 0.1) is 5.69 Å². The zero-order chi connectivity index (χ0) is 11.3. The van der Waals surface area contributed by atoms with Crippen LogP contribution in [-0.2, 0) is 11.2 Å². The van der Waals surface area contributed by atoms with Crippen molar-refractivity contribution in [2.75, 3.05) is 6.54 Å². The molecule has 0 spiro atoms. The van der Waals surface area contributed by atoms with Gasteiger partial charge in [0, 0.05) is 24.6 Å². The third-order valence-electron chi connectivity index (χ3n) is 2.09. The van der Waals surface area contributed by atoms with Gasteiger partial charge in [-0.1, -0.05) is 5.16 Å². The number of nitrogens with two attached hydrogens (primary N) is 1. The second-order valence-corrected chi connectivity index (χ2v) is 3.71. The van der Waals surface area contributed by atoms with Gasteiger partial charge in [0.25, 0.3) is 0 Å². The molecule has 3 N–H and O–H groups in total. The first-order chi connectivity index (χ1) is 7.09. The molecule has 0 fully saturated rings. The van der Waals surface area contributed by atoms with Gasteiger partial charge in [-0.25, -0.2) is 0 Å². The smallest absolute Gasteiger partial charge is 0.220 e. The van der Waals surface area contributed by atoms with Crippen LogP contribution in [0.1, 0.15) is 24.6 Å². The number of hydrogen-bond acceptors (Lipinski definition) is 4. The van der Waals surface area contributed by atoms with Crippen LogP contribution in [0.2, 0.25) is 0 Å². The van der Waals surface area contributed by atoms with E-state index < -0.39 is 0 Å². The first kappa shape index (κ1) is 11.7. The Bertz CT molecular complexity index is 320. The summed E-state index contributed by atoms with van der Waals surface area (Å²) in [5.41, 5.74) is 7.34. The lowest BCUT2D eigenvalue weighted by Gasteiger charge is -2.06. The summed E-state index contributed by atoms with van der Waals surface area (Å²) in [6.07, 6.45) is 2.67. The fraction of sp³-hybridized carbons (Fsp3) is 0.600. The van der Waals surface area contributed by atoms with Gasteiger partial charge >= 0.3 is 0 Å². The van der Waals surface area contributed by atoms with Gasteiger partial charge < -0.3 is 15.6 Å². The first-order valence-electron chi connectivity index (χ1n) is 5.01. The molecule has 84 valence electrons. The standard InChI is InChI=1S/C10H17N3O2/c1-7(11)5-12-10(14)4-3-9-6-15-13-8(9)2/h6-7H,3-5,11H2,1-2H3,(H,12,14). The maximum absolute atomic E-state index is 11.3. The highest BCUT2D eigenvalue weighted by atomic mass is 16.5. The van der Waals surface area contributed by atoms with Crippen molar-refractivity contribution in [2.24, 2.45) is 5.73 Å². The van der Waals surface area contributed by atoms with E-state index in [9.17, 15) is 4.79 Å². The number of aromatic nitrogens is 1. The molecule has 5 nitrogen and oxygen atoms in total. The Labute approximate surface area is 89.0 Å². The van der Waals surface area contributed by atoms with Gasteiger partial charge in [-0.2, -0.15) is 0 Å². The third kappa shape index (κ3) is 4.12. The normalized spacial score (nSPS) is 12.5. The highest BCUT2D eigenvalue weighted by molar-refractivity contribution is 5.76. The molecule has 1 heterocycles. The number of nitrogens with one attached hydrogen (secondary N) is 1. The van der Waals surface area contributed by atoms with Crippen LogP contribution in [0.25, 0.3) is 0 Å². The van der Waals surface area contributed by atoms with Crippen molar-refractivity contribution in [3.05, 3.63) is 17.5 Å². The third-order valence-corrected chi connectivity index (χ3v) is 2.09. The maximum atomic E-state index is 11.3. The largest absolute Gasteiger partial charge is 0.364 e. The van der Waals surface area contributed by atoms with Crippen LogP contribution >= 0.6 is 0 Å². The van der Waals surface area contributed by atoms with Gasteiger partial charge in [0.2, 0.25) is 5.91 Å². The summed E-state index contributed by atoms with van der Waals surface area (Å²) in [6.45, 7) is 4.23. The van der Waals surface area contributed by atoms with Crippen molar-refractivity contribution in [2.45, 2.75) is 32.7 Å². The van der Waals surface area contributed by atoms with E-state index in [1.54, 1.807) is 6.26 Å². The van der Waals surface area contributed by atoms with E-state index in [4.69, 9.17) is 10.3 Å². The fourth-order valence-corrected chi connectivity index (χ4v) is 1.16. The number of rotatable bonds is 5. The van der Waals surface area contributed by atoms with Crippen molar-refractivity contribution >= 4 is 5.91 Å². The fourth-order valence-electron chi connectivity index (χ4n) is 1.16. The van der Waals surface area contributed by atoms with Gasteiger partial charge in [-0.15, -0.1) is 0 Å². The summed E-state index contributed by atoms with van der Waals surface area (Å²) in [6, 6.07) is -0.00808. The van der Waals surface area contributed by atoms with Crippen LogP contribution in [0.4, 0.5) is 0 Å². The predicted molar refractivity (Wildman–Crippen MR) is 56.2 cm³/mol. The van der Waals surface area contributed by atoms with Crippen LogP contribution < -0.4 is 11.1 Å². The molecule has 0 aliphatic carbocycles. The average Bonchev–Trinajstić information content (AvgIpc) is 2.58. The molecule has 5 heteroatoms. The van der Waals surface area contributed by atoms with E-state index in [0.29, 0.717) is 19.4 Å². The molecule has 0 saturated carbocycles. The van der Waals surface area contributed by atoms with Crippen molar-refractivity contribution in [1.82, 2.24) is 10.5 Å². The Balaban J connectivity index is 2.26. The Morgan fingerprint density at radius 1 is 1.73 bits per heavy atom. The average molecular weight is 211 g/mol. The number of nitrogens with zero attached hydrogens (tertiary/aromatic N) is 1. The lowest BCUT2D eigenvalue weighted by Crippen LogP contribution is -2.35. The van der Waals surface area contributed by atoms with Gasteiger partial charge in [0.15, 0.2) is 0 Å². The minimum absolute atomic E-state index is 0.00731. The zero-order valence-electron chi connectivity index (χ0n) is 9.12. The van der Waals surface area contributed by atoms with E-state index in [1.165, 1.54) is 0 Å². The quantitative estimate of drug-likeness (QED) is 0.737. The van der Waals surface area contributed by atoms with E-state index in [-0.39, 0.29) is 11.9 Å². The van der Waals surface area contributed by atoms with E-state index in [1.807, 2.05) is 13.8 Å². The first-order valence-corrected chi connectivity index (χ1v) is 5.01. The van der Waals surface area contributed by atoms with Crippen LogP contribution in [0.5, 0.6) is 0 Å². The molecule has 15 heavy (non-hydrogen) atoms. The number of aryl methyl sites for hydroxylation is 2. The molecule has 1 unspecified atom stereocenters. The lowest BCUT2D eigenvalue weighted by molar-refractivity contribution is -0.121. The highest BCUT2D eigenvalue weighted by Crippen LogP contribution is 2.07. The molecule has 0 aliphatic heterocycles. The summed E-state index contributed by atoms with van der Waals surface area (Å²) in [5.74, 6) is 0.00731. The minimum atomic E-state index is -0.00808. The number of amides is 1. The van der Waals surface area contributed by atoms with Gasteiger partial charge in [0.1, 0.15) is 6.26 Å². The van der Waals surface area contributed by atoms with Crippen LogP contribution in [0, 0.1) is 6.92 Å². The number of hydrogen-bond donors (Lipinski definition) is 2. The Morgan fingerprint density at radius 2 is 2.47 bits per heavy atom. The van der Waals surface area contributed by atoms with Crippen molar-refractivity contribution in [1.29, 1.82) is 0 Å². The Kier molecular flexibility index (Phi) is 4.30. The summed E-state index contributed by atoms with van der Waals surface area (Å²) >= 11 is 0. The molecule has 1 amide bonds. The maximum Gasteiger partial charge on any atom is 0.220 e.